The summed E-state index contributed by atoms with van der Waals surface area (Å²) in [7, 11) is 0. The van der Waals surface area contributed by atoms with Crippen molar-refractivity contribution in [3.63, 3.8) is 0 Å². The Morgan fingerprint density at radius 2 is 1.50 bits per heavy atom. The minimum Gasteiger partial charge on any atom is -0.444 e. The molecule has 0 radical (unpaired) electrons. The van der Waals surface area contributed by atoms with Crippen LogP contribution in [0.4, 0.5) is 4.79 Å². The molecule has 1 aromatic carbocycles. The lowest BCUT2D eigenvalue weighted by atomic mass is 9.80. The number of ether oxygens (including phenoxy) is 1. The maximum Gasteiger partial charge on any atom is 0.410 e. The fraction of sp³-hybridized carbons (Fsp3) is 0.679. The van der Waals surface area contributed by atoms with E-state index in [0.29, 0.717) is 13.1 Å². The summed E-state index contributed by atoms with van der Waals surface area (Å²) in [6, 6.07) is 9.05. The topological polar surface area (TPSA) is 82.2 Å². The summed E-state index contributed by atoms with van der Waals surface area (Å²) in [6.07, 6.45) is 2.78. The Bertz CT molecular complexity index is 883. The Morgan fingerprint density at radius 3 is 2.08 bits per heavy atom. The van der Waals surface area contributed by atoms with Crippen LogP contribution in [0.3, 0.4) is 0 Å². The van der Waals surface area contributed by atoms with Crippen LogP contribution in [-0.4, -0.2) is 90.1 Å². The van der Waals surface area contributed by atoms with E-state index in [1.54, 1.807) is 4.90 Å². The van der Waals surface area contributed by atoms with E-state index in [-0.39, 0.29) is 24.3 Å². The van der Waals surface area contributed by atoms with Crippen LogP contribution >= 0.6 is 0 Å². The molecule has 1 atom stereocenters. The number of nitrogens with zero attached hydrogens (tertiary/aromatic N) is 3. The molecule has 3 rings (SSSR count). The molecule has 0 spiro atoms. The van der Waals surface area contributed by atoms with Gasteiger partial charge in [-0.1, -0.05) is 44.2 Å². The lowest BCUT2D eigenvalue weighted by molar-refractivity contribution is -0.139. The number of piperazine rings is 1. The van der Waals surface area contributed by atoms with Gasteiger partial charge in [-0.3, -0.25) is 14.5 Å². The summed E-state index contributed by atoms with van der Waals surface area (Å²) in [5.74, 6) is -0.105. The standard InChI is InChI=1S/C28H44N4O4/c1-27(2,3)36-26(35)32-19-17-30(18-20-32)16-13-28(4,5)24(25(34)31-14-9-10-15-31)29-23(33)21-22-11-7-6-8-12-22/h6-8,11-12,24H,9-10,13-21H2,1-5H3,(H,29,33). The van der Waals surface area contributed by atoms with Gasteiger partial charge in [-0.25, -0.2) is 4.79 Å². The van der Waals surface area contributed by atoms with E-state index in [2.05, 4.69) is 24.1 Å². The summed E-state index contributed by atoms with van der Waals surface area (Å²) >= 11 is 0. The number of rotatable bonds is 8. The Morgan fingerprint density at radius 1 is 0.889 bits per heavy atom. The summed E-state index contributed by atoms with van der Waals surface area (Å²) in [5.41, 5.74) is 0.0111. The van der Waals surface area contributed by atoms with Crippen molar-refractivity contribution in [2.24, 2.45) is 5.41 Å². The molecule has 2 aliphatic rings. The van der Waals surface area contributed by atoms with Crippen molar-refractivity contribution in [2.45, 2.75) is 71.9 Å². The van der Waals surface area contributed by atoms with Crippen LogP contribution in [0.5, 0.6) is 0 Å². The van der Waals surface area contributed by atoms with E-state index in [9.17, 15) is 14.4 Å². The molecule has 2 fully saturated rings. The molecule has 1 N–H and O–H groups in total. The number of carbonyl (C=O) groups is 3. The smallest absolute Gasteiger partial charge is 0.410 e. The molecule has 1 aromatic rings. The molecular weight excluding hydrogens is 456 g/mol. The molecule has 1 unspecified atom stereocenters. The van der Waals surface area contributed by atoms with Gasteiger partial charge in [-0.05, 0) is 57.6 Å². The van der Waals surface area contributed by atoms with Crippen LogP contribution in [0.1, 0.15) is 59.4 Å². The Balaban J connectivity index is 1.58. The maximum absolute atomic E-state index is 13.5. The lowest BCUT2D eigenvalue weighted by Crippen LogP contribution is -2.56. The van der Waals surface area contributed by atoms with Gasteiger partial charge in [0.15, 0.2) is 0 Å². The molecule has 0 bridgehead atoms. The van der Waals surface area contributed by atoms with E-state index in [1.165, 1.54) is 0 Å². The quantitative estimate of drug-likeness (QED) is 0.592. The average molecular weight is 501 g/mol. The third kappa shape index (κ3) is 8.22. The Kier molecular flexibility index (Phi) is 9.39. The van der Waals surface area contributed by atoms with Gasteiger partial charge in [0.25, 0.3) is 0 Å². The van der Waals surface area contributed by atoms with Crippen molar-refractivity contribution in [2.75, 3.05) is 45.8 Å². The molecule has 2 heterocycles. The normalized spacial score (nSPS) is 18.1. The van der Waals surface area contributed by atoms with Crippen molar-refractivity contribution < 1.29 is 19.1 Å². The number of hydrogen-bond donors (Lipinski definition) is 1. The third-order valence-electron chi connectivity index (χ3n) is 7.06. The van der Waals surface area contributed by atoms with E-state index in [0.717, 1.165) is 57.5 Å². The molecule has 2 aliphatic heterocycles. The predicted octanol–water partition coefficient (Wildman–Crippen LogP) is 3.31. The largest absolute Gasteiger partial charge is 0.444 e. The molecule has 36 heavy (non-hydrogen) atoms. The highest BCUT2D eigenvalue weighted by molar-refractivity contribution is 5.89. The monoisotopic (exact) mass is 500 g/mol. The highest BCUT2D eigenvalue weighted by Crippen LogP contribution is 2.29. The summed E-state index contributed by atoms with van der Waals surface area (Å²) in [4.78, 5) is 44.8. The summed E-state index contributed by atoms with van der Waals surface area (Å²) < 4.78 is 5.50. The van der Waals surface area contributed by atoms with Crippen LogP contribution in [0.25, 0.3) is 0 Å². The van der Waals surface area contributed by atoms with Crippen molar-refractivity contribution in [1.82, 2.24) is 20.0 Å². The average Bonchev–Trinajstić information content (AvgIpc) is 3.36. The van der Waals surface area contributed by atoms with Gasteiger partial charge in [0.1, 0.15) is 11.6 Å². The molecule has 0 saturated carbocycles. The van der Waals surface area contributed by atoms with Crippen LogP contribution in [0.2, 0.25) is 0 Å². The van der Waals surface area contributed by atoms with Gasteiger partial charge >= 0.3 is 6.09 Å². The fourth-order valence-corrected chi connectivity index (χ4v) is 4.78. The fourth-order valence-electron chi connectivity index (χ4n) is 4.78. The second-order valence-corrected chi connectivity index (χ2v) is 11.7. The van der Waals surface area contributed by atoms with Crippen molar-refractivity contribution >= 4 is 17.9 Å². The highest BCUT2D eigenvalue weighted by atomic mass is 16.6. The molecule has 8 nitrogen and oxygen atoms in total. The zero-order valence-corrected chi connectivity index (χ0v) is 22.7. The second-order valence-electron chi connectivity index (χ2n) is 11.7. The number of hydrogen-bond acceptors (Lipinski definition) is 5. The van der Waals surface area contributed by atoms with Gasteiger partial charge in [-0.15, -0.1) is 0 Å². The zero-order chi connectivity index (χ0) is 26.3. The highest BCUT2D eigenvalue weighted by Gasteiger charge is 2.39. The van der Waals surface area contributed by atoms with Crippen LogP contribution in [0.15, 0.2) is 30.3 Å². The van der Waals surface area contributed by atoms with Crippen LogP contribution in [-0.2, 0) is 20.7 Å². The van der Waals surface area contributed by atoms with Crippen molar-refractivity contribution in [1.29, 1.82) is 0 Å². The molecular formula is C28H44N4O4. The molecule has 3 amide bonds. The number of benzene rings is 1. The first-order chi connectivity index (χ1) is 16.9. The Hall–Kier alpha value is -2.61. The second kappa shape index (κ2) is 12.1. The minimum atomic E-state index is -0.574. The van der Waals surface area contributed by atoms with Gasteiger partial charge in [0.05, 0.1) is 6.42 Å². The molecule has 0 aliphatic carbocycles. The molecule has 8 heteroatoms. The van der Waals surface area contributed by atoms with E-state index < -0.39 is 17.1 Å². The number of amides is 3. The SMILES string of the molecule is CC(C)(C)OC(=O)N1CCN(CCC(C)(C)C(NC(=O)Cc2ccccc2)C(=O)N2CCCC2)CC1. The first kappa shape index (κ1) is 28.0. The van der Waals surface area contributed by atoms with Gasteiger partial charge < -0.3 is 19.9 Å². The lowest BCUT2D eigenvalue weighted by Gasteiger charge is -2.39. The zero-order valence-electron chi connectivity index (χ0n) is 22.7. The number of nitrogens with one attached hydrogen (secondary N) is 1. The molecule has 200 valence electrons. The van der Waals surface area contributed by atoms with Gasteiger partial charge in [0, 0.05) is 39.3 Å². The van der Waals surface area contributed by atoms with Crippen LogP contribution < -0.4 is 5.32 Å². The first-order valence-corrected chi connectivity index (χ1v) is 13.3. The van der Waals surface area contributed by atoms with E-state index in [1.807, 2.05) is 56.0 Å². The van der Waals surface area contributed by atoms with Crippen molar-refractivity contribution in [3.05, 3.63) is 35.9 Å². The molecule has 2 saturated heterocycles. The summed E-state index contributed by atoms with van der Waals surface area (Å²) in [6.45, 7) is 14.9. The summed E-state index contributed by atoms with van der Waals surface area (Å²) in [5, 5.41) is 3.10. The predicted molar refractivity (Wildman–Crippen MR) is 141 cm³/mol. The van der Waals surface area contributed by atoms with E-state index in [4.69, 9.17) is 4.74 Å². The third-order valence-corrected chi connectivity index (χ3v) is 7.06. The van der Waals surface area contributed by atoms with Gasteiger partial charge in [0.2, 0.25) is 11.8 Å². The maximum atomic E-state index is 13.5. The van der Waals surface area contributed by atoms with Crippen LogP contribution in [0, 0.1) is 5.41 Å². The Labute approximate surface area is 216 Å². The first-order valence-electron chi connectivity index (χ1n) is 13.3. The molecule has 0 aromatic heterocycles. The minimum absolute atomic E-state index is 0.0219. The number of carbonyl (C=O) groups excluding carboxylic acids is 3. The van der Waals surface area contributed by atoms with E-state index >= 15 is 0 Å². The van der Waals surface area contributed by atoms with Gasteiger partial charge in [-0.2, -0.15) is 0 Å². The number of likely N-dealkylation sites (tertiary alicyclic amines) is 1. The van der Waals surface area contributed by atoms with Crippen molar-refractivity contribution in [3.8, 4) is 0 Å².